The van der Waals surface area contributed by atoms with Gasteiger partial charge >= 0.3 is 16.2 Å². The van der Waals surface area contributed by atoms with Crippen LogP contribution >= 0.6 is 12.4 Å². The molecular formula is C9H11ClFNO4S. The molecule has 0 aromatic heterocycles. The first kappa shape index (κ1) is 15.8. The van der Waals surface area contributed by atoms with E-state index in [-0.39, 0.29) is 18.8 Å². The second kappa shape index (κ2) is 5.95. The summed E-state index contributed by atoms with van der Waals surface area (Å²) in [6.07, 6.45) is -0.0569. The van der Waals surface area contributed by atoms with E-state index in [0.717, 1.165) is 12.1 Å². The number of hydrogen-bond acceptors (Lipinski definition) is 4. The van der Waals surface area contributed by atoms with E-state index in [1.807, 2.05) is 0 Å². The minimum Gasteiger partial charge on any atom is -0.480 e. The van der Waals surface area contributed by atoms with Crippen molar-refractivity contribution >= 4 is 28.6 Å². The third kappa shape index (κ3) is 4.68. The molecule has 96 valence electrons. The third-order valence-corrected chi connectivity index (χ3v) is 2.77. The van der Waals surface area contributed by atoms with Gasteiger partial charge in [0.05, 0.1) is 4.90 Å². The molecule has 1 atom stereocenters. The summed E-state index contributed by atoms with van der Waals surface area (Å²) in [7, 11) is -4.77. The molecule has 0 saturated carbocycles. The highest BCUT2D eigenvalue weighted by Crippen LogP contribution is 2.14. The summed E-state index contributed by atoms with van der Waals surface area (Å²) >= 11 is 0. The topological polar surface area (TPSA) is 97.5 Å². The van der Waals surface area contributed by atoms with Crippen LogP contribution in [-0.2, 0) is 21.4 Å². The summed E-state index contributed by atoms with van der Waals surface area (Å²) in [6, 6.07) is 3.83. The van der Waals surface area contributed by atoms with Gasteiger partial charge in [0.15, 0.2) is 0 Å². The van der Waals surface area contributed by atoms with Crippen molar-refractivity contribution in [2.24, 2.45) is 5.73 Å². The van der Waals surface area contributed by atoms with Gasteiger partial charge in [-0.2, -0.15) is 8.42 Å². The van der Waals surface area contributed by atoms with E-state index >= 15 is 0 Å². The van der Waals surface area contributed by atoms with Crippen molar-refractivity contribution in [2.75, 3.05) is 0 Å². The van der Waals surface area contributed by atoms with Gasteiger partial charge in [0, 0.05) is 0 Å². The molecule has 0 fully saturated rings. The first-order chi connectivity index (χ1) is 7.30. The Morgan fingerprint density at radius 2 is 2.06 bits per heavy atom. The molecule has 0 unspecified atom stereocenters. The number of nitrogens with two attached hydrogens (primary N) is 1. The van der Waals surface area contributed by atoms with Gasteiger partial charge < -0.3 is 10.8 Å². The van der Waals surface area contributed by atoms with Crippen molar-refractivity contribution in [3.05, 3.63) is 29.8 Å². The predicted molar refractivity (Wildman–Crippen MR) is 61.3 cm³/mol. The van der Waals surface area contributed by atoms with Gasteiger partial charge in [0.1, 0.15) is 6.04 Å². The van der Waals surface area contributed by atoms with E-state index < -0.39 is 27.1 Å². The first-order valence-electron chi connectivity index (χ1n) is 4.32. The SMILES string of the molecule is Cl.N[C@@H](Cc1cccc(S(=O)(=O)F)c1)C(=O)O. The molecule has 1 aromatic rings. The molecule has 0 radical (unpaired) electrons. The van der Waals surface area contributed by atoms with E-state index in [1.54, 1.807) is 0 Å². The molecule has 0 bridgehead atoms. The zero-order valence-electron chi connectivity index (χ0n) is 8.54. The second-order valence-corrected chi connectivity index (χ2v) is 4.58. The van der Waals surface area contributed by atoms with Gasteiger partial charge in [-0.1, -0.05) is 12.1 Å². The minimum absolute atomic E-state index is 0. The molecule has 0 spiro atoms. The van der Waals surface area contributed by atoms with Crippen LogP contribution in [0.4, 0.5) is 3.89 Å². The lowest BCUT2D eigenvalue weighted by Crippen LogP contribution is -2.32. The Kier molecular flexibility index (Phi) is 5.53. The van der Waals surface area contributed by atoms with Gasteiger partial charge in [0.2, 0.25) is 0 Å². The maximum Gasteiger partial charge on any atom is 0.332 e. The zero-order valence-corrected chi connectivity index (χ0v) is 10.2. The molecule has 0 aliphatic carbocycles. The molecule has 5 nitrogen and oxygen atoms in total. The van der Waals surface area contributed by atoms with Gasteiger partial charge in [0.25, 0.3) is 0 Å². The highest BCUT2D eigenvalue weighted by molar-refractivity contribution is 7.86. The number of carboxylic acids is 1. The van der Waals surface area contributed by atoms with Crippen molar-refractivity contribution in [2.45, 2.75) is 17.4 Å². The predicted octanol–water partition coefficient (Wildman–Crippen LogP) is 0.721. The minimum atomic E-state index is -4.77. The third-order valence-electron chi connectivity index (χ3n) is 1.95. The molecule has 1 aromatic carbocycles. The summed E-state index contributed by atoms with van der Waals surface area (Å²) in [6.45, 7) is 0. The standard InChI is InChI=1S/C9H10FNO4S.ClH/c10-16(14,15)7-3-1-2-6(4-7)5-8(11)9(12)13;/h1-4,8H,5,11H2,(H,12,13);1H/t8-;/m0./s1. The van der Waals surface area contributed by atoms with Crippen molar-refractivity contribution in [1.82, 2.24) is 0 Å². The summed E-state index contributed by atoms with van der Waals surface area (Å²) in [5.74, 6) is -1.20. The Morgan fingerprint density at radius 1 is 1.47 bits per heavy atom. The van der Waals surface area contributed by atoms with Gasteiger partial charge in [-0.05, 0) is 24.1 Å². The summed E-state index contributed by atoms with van der Waals surface area (Å²) in [5.41, 5.74) is 5.62. The molecule has 0 aliphatic heterocycles. The lowest BCUT2D eigenvalue weighted by Gasteiger charge is -2.06. The quantitative estimate of drug-likeness (QED) is 0.794. The van der Waals surface area contributed by atoms with E-state index in [2.05, 4.69) is 0 Å². The Labute approximate surface area is 104 Å². The fraction of sp³-hybridized carbons (Fsp3) is 0.222. The van der Waals surface area contributed by atoms with Crippen LogP contribution in [0.1, 0.15) is 5.56 Å². The van der Waals surface area contributed by atoms with E-state index in [4.69, 9.17) is 10.8 Å². The largest absolute Gasteiger partial charge is 0.480 e. The van der Waals surface area contributed by atoms with Crippen LogP contribution < -0.4 is 5.73 Å². The van der Waals surface area contributed by atoms with E-state index in [1.165, 1.54) is 12.1 Å². The fourth-order valence-electron chi connectivity index (χ4n) is 1.17. The number of carboxylic acid groups (broad SMARTS) is 1. The van der Waals surface area contributed by atoms with Crippen LogP contribution in [0.2, 0.25) is 0 Å². The Morgan fingerprint density at radius 3 is 2.53 bits per heavy atom. The van der Waals surface area contributed by atoms with Crippen molar-refractivity contribution < 1.29 is 22.2 Å². The molecule has 0 heterocycles. The molecule has 3 N–H and O–H groups in total. The first-order valence-corrected chi connectivity index (χ1v) is 5.71. The van der Waals surface area contributed by atoms with Crippen LogP contribution in [0.3, 0.4) is 0 Å². The zero-order chi connectivity index (χ0) is 12.3. The number of hydrogen-bond donors (Lipinski definition) is 2. The van der Waals surface area contributed by atoms with E-state index in [9.17, 15) is 17.1 Å². The molecule has 0 saturated heterocycles. The van der Waals surface area contributed by atoms with Gasteiger partial charge in [-0.3, -0.25) is 4.79 Å². The van der Waals surface area contributed by atoms with Gasteiger partial charge in [-0.15, -0.1) is 16.3 Å². The second-order valence-electron chi connectivity index (χ2n) is 3.23. The monoisotopic (exact) mass is 283 g/mol. The lowest BCUT2D eigenvalue weighted by molar-refractivity contribution is -0.138. The Bertz CT molecular complexity index is 505. The normalized spacial score (nSPS) is 12.6. The van der Waals surface area contributed by atoms with Crippen molar-refractivity contribution in [3.63, 3.8) is 0 Å². The summed E-state index contributed by atoms with van der Waals surface area (Å²) < 4.78 is 33.8. The smallest absolute Gasteiger partial charge is 0.332 e. The molecule has 17 heavy (non-hydrogen) atoms. The molecule has 8 heteroatoms. The summed E-state index contributed by atoms with van der Waals surface area (Å²) in [5, 5.41) is 8.56. The van der Waals surface area contributed by atoms with Crippen LogP contribution in [0.5, 0.6) is 0 Å². The van der Waals surface area contributed by atoms with Crippen LogP contribution in [0.15, 0.2) is 29.2 Å². The number of benzene rings is 1. The van der Waals surface area contributed by atoms with E-state index in [0.29, 0.717) is 5.56 Å². The maximum absolute atomic E-state index is 12.6. The number of aliphatic carboxylic acids is 1. The molecule has 0 aliphatic rings. The van der Waals surface area contributed by atoms with Crippen LogP contribution in [0, 0.1) is 0 Å². The average molecular weight is 284 g/mol. The summed E-state index contributed by atoms with van der Waals surface area (Å²) in [4.78, 5) is 9.97. The van der Waals surface area contributed by atoms with Crippen molar-refractivity contribution in [3.8, 4) is 0 Å². The highest BCUT2D eigenvalue weighted by atomic mass is 35.5. The lowest BCUT2D eigenvalue weighted by atomic mass is 10.1. The Hall–Kier alpha value is -1.18. The van der Waals surface area contributed by atoms with Crippen molar-refractivity contribution in [1.29, 1.82) is 0 Å². The number of rotatable bonds is 4. The molecule has 1 rings (SSSR count). The molecular weight excluding hydrogens is 273 g/mol. The fourth-order valence-corrected chi connectivity index (χ4v) is 1.70. The molecule has 0 amide bonds. The highest BCUT2D eigenvalue weighted by Gasteiger charge is 2.15. The average Bonchev–Trinajstić information content (AvgIpc) is 2.16. The maximum atomic E-state index is 12.6. The number of carbonyl (C=O) groups is 1. The van der Waals surface area contributed by atoms with Crippen LogP contribution in [-0.4, -0.2) is 25.5 Å². The van der Waals surface area contributed by atoms with Crippen LogP contribution in [0.25, 0.3) is 0 Å². The Balaban J connectivity index is 0.00000256. The van der Waals surface area contributed by atoms with Gasteiger partial charge in [-0.25, -0.2) is 0 Å². The number of halogens is 2.